The number of hydrogen-bond acceptors (Lipinski definition) is 4. The van der Waals surface area contributed by atoms with Gasteiger partial charge in [0.2, 0.25) is 0 Å². The van der Waals surface area contributed by atoms with Gasteiger partial charge >= 0.3 is 5.97 Å². The molecular weight excluding hydrogens is 274 g/mol. The van der Waals surface area contributed by atoms with E-state index in [2.05, 4.69) is 4.98 Å². The SMILES string of the molecule is COCCn1cncc1Cn1ccc(C)c(C(=O)O)c1=O. The number of ether oxygens (including phenoxy) is 1. The Balaban J connectivity index is 2.33. The summed E-state index contributed by atoms with van der Waals surface area (Å²) in [6.07, 6.45) is 4.91. The van der Waals surface area contributed by atoms with Gasteiger partial charge in [-0.25, -0.2) is 9.78 Å². The number of rotatable bonds is 6. The molecule has 7 nitrogen and oxygen atoms in total. The molecule has 2 rings (SSSR count). The lowest BCUT2D eigenvalue weighted by Crippen LogP contribution is -2.28. The van der Waals surface area contributed by atoms with E-state index in [1.807, 2.05) is 4.57 Å². The van der Waals surface area contributed by atoms with E-state index >= 15 is 0 Å². The maximum Gasteiger partial charge on any atom is 0.341 e. The van der Waals surface area contributed by atoms with Crippen LogP contribution in [-0.4, -0.2) is 38.9 Å². The van der Waals surface area contributed by atoms with Gasteiger partial charge in [0, 0.05) is 26.0 Å². The van der Waals surface area contributed by atoms with Crippen LogP contribution < -0.4 is 5.56 Å². The molecule has 0 unspecified atom stereocenters. The Hall–Kier alpha value is -2.41. The maximum absolute atomic E-state index is 12.2. The highest BCUT2D eigenvalue weighted by atomic mass is 16.5. The molecule has 0 aliphatic heterocycles. The van der Waals surface area contributed by atoms with Crippen LogP contribution in [-0.2, 0) is 17.8 Å². The number of hydrogen-bond donors (Lipinski definition) is 1. The molecule has 0 saturated heterocycles. The number of nitrogens with zero attached hydrogens (tertiary/aromatic N) is 3. The minimum absolute atomic E-state index is 0.194. The lowest BCUT2D eigenvalue weighted by molar-refractivity contribution is 0.0693. The molecule has 1 N–H and O–H groups in total. The zero-order valence-corrected chi connectivity index (χ0v) is 11.9. The molecule has 0 saturated carbocycles. The third-order valence-corrected chi connectivity index (χ3v) is 3.25. The minimum atomic E-state index is -1.21. The number of carboxylic acids is 1. The van der Waals surface area contributed by atoms with E-state index in [0.717, 1.165) is 5.69 Å². The fourth-order valence-corrected chi connectivity index (χ4v) is 2.10. The molecule has 0 radical (unpaired) electrons. The highest BCUT2D eigenvalue weighted by Gasteiger charge is 2.15. The fraction of sp³-hybridized carbons (Fsp3) is 0.357. The zero-order chi connectivity index (χ0) is 15.4. The van der Waals surface area contributed by atoms with Crippen molar-refractivity contribution in [2.75, 3.05) is 13.7 Å². The number of pyridine rings is 1. The molecule has 21 heavy (non-hydrogen) atoms. The second kappa shape index (κ2) is 6.36. The Morgan fingerprint density at radius 3 is 2.86 bits per heavy atom. The summed E-state index contributed by atoms with van der Waals surface area (Å²) in [5, 5.41) is 9.12. The standard InChI is InChI=1S/C14H17N3O4/c1-10-3-4-16(13(18)12(10)14(19)20)8-11-7-15-9-17(11)5-6-21-2/h3-4,7,9H,5-6,8H2,1-2H3,(H,19,20). The van der Waals surface area contributed by atoms with Crippen molar-refractivity contribution in [1.29, 1.82) is 0 Å². The molecule has 112 valence electrons. The van der Waals surface area contributed by atoms with Gasteiger partial charge in [0.15, 0.2) is 0 Å². The predicted molar refractivity (Wildman–Crippen MR) is 75.6 cm³/mol. The van der Waals surface area contributed by atoms with Gasteiger partial charge in [-0.2, -0.15) is 0 Å². The highest BCUT2D eigenvalue weighted by molar-refractivity contribution is 5.88. The van der Waals surface area contributed by atoms with E-state index in [4.69, 9.17) is 9.84 Å². The van der Waals surface area contributed by atoms with Crippen LogP contribution in [0.3, 0.4) is 0 Å². The van der Waals surface area contributed by atoms with Crippen LogP contribution in [0.4, 0.5) is 0 Å². The number of methoxy groups -OCH3 is 1. The number of carbonyl (C=O) groups is 1. The average molecular weight is 291 g/mol. The number of aromatic nitrogens is 3. The van der Waals surface area contributed by atoms with Crippen molar-refractivity contribution in [2.24, 2.45) is 0 Å². The number of imidazole rings is 1. The number of aromatic carboxylic acids is 1. The average Bonchev–Trinajstić information content (AvgIpc) is 2.86. The monoisotopic (exact) mass is 291 g/mol. The van der Waals surface area contributed by atoms with Gasteiger partial charge in [0.1, 0.15) is 5.56 Å². The summed E-state index contributed by atoms with van der Waals surface area (Å²) in [5.41, 5.74) is 0.563. The molecule has 2 heterocycles. The van der Waals surface area contributed by atoms with Crippen LogP contribution in [0.1, 0.15) is 21.6 Å². The van der Waals surface area contributed by atoms with Crippen LogP contribution in [0.2, 0.25) is 0 Å². The molecule has 0 aliphatic carbocycles. The molecule has 0 spiro atoms. The van der Waals surface area contributed by atoms with Gasteiger partial charge in [-0.1, -0.05) is 0 Å². The lowest BCUT2D eigenvalue weighted by Gasteiger charge is -2.11. The quantitative estimate of drug-likeness (QED) is 0.848. The first-order chi connectivity index (χ1) is 10.0. The Morgan fingerprint density at radius 2 is 2.19 bits per heavy atom. The first kappa shape index (κ1) is 15.0. The molecule has 0 bridgehead atoms. The van der Waals surface area contributed by atoms with Crippen molar-refractivity contribution in [2.45, 2.75) is 20.0 Å². The van der Waals surface area contributed by atoms with E-state index in [1.54, 1.807) is 38.8 Å². The molecule has 2 aromatic heterocycles. The second-order valence-corrected chi connectivity index (χ2v) is 4.68. The molecular formula is C14H17N3O4. The van der Waals surface area contributed by atoms with Crippen molar-refractivity contribution < 1.29 is 14.6 Å². The number of carboxylic acid groups (broad SMARTS) is 1. The van der Waals surface area contributed by atoms with Gasteiger partial charge in [-0.05, 0) is 18.6 Å². The third-order valence-electron chi connectivity index (χ3n) is 3.25. The van der Waals surface area contributed by atoms with Crippen molar-refractivity contribution in [3.8, 4) is 0 Å². The number of aryl methyl sites for hydroxylation is 1. The first-order valence-electron chi connectivity index (χ1n) is 6.46. The molecule has 2 aromatic rings. The van der Waals surface area contributed by atoms with Gasteiger partial charge in [-0.15, -0.1) is 0 Å². The minimum Gasteiger partial charge on any atom is -0.477 e. The van der Waals surface area contributed by atoms with Gasteiger partial charge in [-0.3, -0.25) is 4.79 Å². The molecule has 0 amide bonds. The molecule has 7 heteroatoms. The summed E-state index contributed by atoms with van der Waals surface area (Å²) in [4.78, 5) is 27.4. The van der Waals surface area contributed by atoms with Gasteiger partial charge < -0.3 is 19.0 Å². The van der Waals surface area contributed by atoms with Crippen molar-refractivity contribution in [1.82, 2.24) is 14.1 Å². The molecule has 0 aliphatic rings. The third kappa shape index (κ3) is 3.19. The summed E-state index contributed by atoms with van der Waals surface area (Å²) in [6, 6.07) is 1.63. The van der Waals surface area contributed by atoms with Gasteiger partial charge in [0.25, 0.3) is 5.56 Å². The summed E-state index contributed by atoms with van der Waals surface area (Å²) >= 11 is 0. The van der Waals surface area contributed by atoms with E-state index in [-0.39, 0.29) is 12.1 Å². The molecule has 0 atom stereocenters. The van der Waals surface area contributed by atoms with Crippen molar-refractivity contribution >= 4 is 5.97 Å². The van der Waals surface area contributed by atoms with E-state index in [1.165, 1.54) is 4.57 Å². The Labute approximate surface area is 121 Å². The Morgan fingerprint density at radius 1 is 1.43 bits per heavy atom. The topological polar surface area (TPSA) is 86.3 Å². The molecule has 0 fully saturated rings. The fourth-order valence-electron chi connectivity index (χ4n) is 2.10. The van der Waals surface area contributed by atoms with Crippen LogP contribution in [0.25, 0.3) is 0 Å². The van der Waals surface area contributed by atoms with E-state index in [9.17, 15) is 9.59 Å². The van der Waals surface area contributed by atoms with Gasteiger partial charge in [0.05, 0.1) is 25.2 Å². The summed E-state index contributed by atoms with van der Waals surface area (Å²) in [6.45, 7) is 3.03. The normalized spacial score (nSPS) is 10.8. The summed E-state index contributed by atoms with van der Waals surface area (Å²) in [7, 11) is 1.61. The van der Waals surface area contributed by atoms with Crippen LogP contribution >= 0.6 is 0 Å². The highest BCUT2D eigenvalue weighted by Crippen LogP contribution is 2.05. The van der Waals surface area contributed by atoms with Crippen molar-refractivity contribution in [3.05, 3.63) is 52.0 Å². The largest absolute Gasteiger partial charge is 0.477 e. The Bertz CT molecular complexity index is 702. The maximum atomic E-state index is 12.2. The molecule has 0 aromatic carbocycles. The first-order valence-corrected chi connectivity index (χ1v) is 6.46. The second-order valence-electron chi connectivity index (χ2n) is 4.68. The van der Waals surface area contributed by atoms with Crippen LogP contribution in [0.5, 0.6) is 0 Å². The van der Waals surface area contributed by atoms with Crippen LogP contribution in [0, 0.1) is 6.92 Å². The Kier molecular flexibility index (Phi) is 4.54. The summed E-state index contributed by atoms with van der Waals surface area (Å²) < 4.78 is 8.26. The zero-order valence-electron chi connectivity index (χ0n) is 11.9. The van der Waals surface area contributed by atoms with E-state index in [0.29, 0.717) is 18.7 Å². The van der Waals surface area contributed by atoms with Crippen LogP contribution in [0.15, 0.2) is 29.6 Å². The van der Waals surface area contributed by atoms with E-state index < -0.39 is 11.5 Å². The summed E-state index contributed by atoms with van der Waals surface area (Å²) in [5.74, 6) is -1.21. The lowest BCUT2D eigenvalue weighted by atomic mass is 10.1. The predicted octanol–water partition coefficient (Wildman–Crippen LogP) is 0.746. The van der Waals surface area contributed by atoms with Crippen molar-refractivity contribution in [3.63, 3.8) is 0 Å². The smallest absolute Gasteiger partial charge is 0.341 e.